The Bertz CT molecular complexity index is 574. The number of aromatic nitrogens is 1. The van der Waals surface area contributed by atoms with E-state index in [1.807, 2.05) is 13.1 Å². The Morgan fingerprint density at radius 3 is 2.67 bits per heavy atom. The highest BCUT2D eigenvalue weighted by Crippen LogP contribution is 2.36. The van der Waals surface area contributed by atoms with E-state index >= 15 is 0 Å². The van der Waals surface area contributed by atoms with Crippen molar-refractivity contribution < 1.29 is 14.6 Å². The van der Waals surface area contributed by atoms with Gasteiger partial charge in [0.05, 0.1) is 5.52 Å². The Kier molecular flexibility index (Phi) is 2.88. The lowest BCUT2D eigenvalue weighted by atomic mass is 10.1. The van der Waals surface area contributed by atoms with Crippen molar-refractivity contribution in [3.8, 4) is 11.5 Å². The minimum absolute atomic E-state index is 0.223. The second-order valence-electron chi connectivity index (χ2n) is 4.61. The fraction of sp³-hybridized carbons (Fsp3) is 0.429. The molecule has 0 fully saturated rings. The van der Waals surface area contributed by atoms with Crippen molar-refractivity contribution in [1.29, 1.82) is 0 Å². The van der Waals surface area contributed by atoms with Gasteiger partial charge in [0.25, 0.3) is 0 Å². The molecule has 2 heterocycles. The fourth-order valence-corrected chi connectivity index (χ4v) is 2.47. The molecule has 0 saturated carbocycles. The Morgan fingerprint density at radius 1 is 1.22 bits per heavy atom. The second-order valence-corrected chi connectivity index (χ2v) is 4.61. The van der Waals surface area contributed by atoms with E-state index in [9.17, 15) is 0 Å². The summed E-state index contributed by atoms with van der Waals surface area (Å²) in [4.78, 5) is 0. The quantitative estimate of drug-likeness (QED) is 0.900. The summed E-state index contributed by atoms with van der Waals surface area (Å²) in [5.74, 6) is 1.65. The summed E-state index contributed by atoms with van der Waals surface area (Å²) in [6.07, 6.45) is 3.78. The predicted octanol–water partition coefficient (Wildman–Crippen LogP) is 1.87. The van der Waals surface area contributed by atoms with Crippen LogP contribution in [0.2, 0.25) is 0 Å². The number of aryl methyl sites for hydroxylation is 2. The van der Waals surface area contributed by atoms with Crippen molar-refractivity contribution >= 4 is 10.9 Å². The molecule has 0 radical (unpaired) electrons. The third-order valence-electron chi connectivity index (χ3n) is 3.34. The molecule has 1 aromatic carbocycles. The van der Waals surface area contributed by atoms with Gasteiger partial charge in [0.1, 0.15) is 13.2 Å². The average Bonchev–Trinajstić information content (AvgIpc) is 2.70. The first kappa shape index (κ1) is 11.4. The summed E-state index contributed by atoms with van der Waals surface area (Å²) < 4.78 is 13.3. The number of aliphatic hydroxyl groups excluding tert-OH is 1. The molecule has 4 nitrogen and oxygen atoms in total. The van der Waals surface area contributed by atoms with Gasteiger partial charge in [0.2, 0.25) is 0 Å². The van der Waals surface area contributed by atoms with Crippen molar-refractivity contribution in [3.05, 3.63) is 23.9 Å². The first-order valence-electron chi connectivity index (χ1n) is 6.28. The number of ether oxygens (including phenoxy) is 2. The Hall–Kier alpha value is -1.68. The Labute approximate surface area is 106 Å². The average molecular weight is 247 g/mol. The van der Waals surface area contributed by atoms with Gasteiger partial charge in [-0.2, -0.15) is 0 Å². The van der Waals surface area contributed by atoms with Crippen LogP contribution in [-0.2, 0) is 13.5 Å². The van der Waals surface area contributed by atoms with Crippen LogP contribution in [0.15, 0.2) is 18.3 Å². The van der Waals surface area contributed by atoms with Crippen LogP contribution in [0.25, 0.3) is 10.9 Å². The molecule has 0 amide bonds. The summed E-state index contributed by atoms with van der Waals surface area (Å²) in [5.41, 5.74) is 2.39. The topological polar surface area (TPSA) is 43.6 Å². The van der Waals surface area contributed by atoms with Crippen LogP contribution in [0.5, 0.6) is 11.5 Å². The molecule has 0 spiro atoms. The smallest absolute Gasteiger partial charge is 0.163 e. The monoisotopic (exact) mass is 247 g/mol. The zero-order valence-electron chi connectivity index (χ0n) is 10.5. The van der Waals surface area contributed by atoms with Gasteiger partial charge in [-0.1, -0.05) is 0 Å². The molecule has 1 aliphatic heterocycles. The third kappa shape index (κ3) is 1.82. The molecule has 4 heteroatoms. The summed E-state index contributed by atoms with van der Waals surface area (Å²) in [5, 5.41) is 10.1. The van der Waals surface area contributed by atoms with Crippen molar-refractivity contribution in [2.75, 3.05) is 19.8 Å². The van der Waals surface area contributed by atoms with Crippen LogP contribution >= 0.6 is 0 Å². The Morgan fingerprint density at radius 2 is 1.94 bits per heavy atom. The van der Waals surface area contributed by atoms with E-state index in [0.29, 0.717) is 13.2 Å². The fourth-order valence-electron chi connectivity index (χ4n) is 2.47. The highest BCUT2D eigenvalue weighted by molar-refractivity contribution is 5.87. The minimum Gasteiger partial charge on any atom is -0.486 e. The lowest BCUT2D eigenvalue weighted by Gasteiger charge is -2.18. The summed E-state index contributed by atoms with van der Waals surface area (Å²) in [7, 11) is 2.03. The molecule has 1 aliphatic rings. The molecule has 2 aromatic rings. The number of fused-ring (bicyclic) bond motifs is 2. The normalized spacial score (nSPS) is 14.1. The summed E-state index contributed by atoms with van der Waals surface area (Å²) >= 11 is 0. The van der Waals surface area contributed by atoms with Crippen LogP contribution in [0.3, 0.4) is 0 Å². The highest BCUT2D eigenvalue weighted by Gasteiger charge is 2.16. The van der Waals surface area contributed by atoms with Gasteiger partial charge >= 0.3 is 0 Å². The zero-order chi connectivity index (χ0) is 12.5. The van der Waals surface area contributed by atoms with Gasteiger partial charge in [-0.15, -0.1) is 0 Å². The van der Waals surface area contributed by atoms with Gasteiger partial charge in [0, 0.05) is 31.3 Å². The maximum absolute atomic E-state index is 8.95. The molecule has 18 heavy (non-hydrogen) atoms. The van der Waals surface area contributed by atoms with Crippen LogP contribution in [0.4, 0.5) is 0 Å². The lowest BCUT2D eigenvalue weighted by Crippen LogP contribution is -2.15. The number of rotatable bonds is 3. The Balaban J connectivity index is 2.10. The van der Waals surface area contributed by atoms with Crippen molar-refractivity contribution in [1.82, 2.24) is 4.57 Å². The molecule has 0 atom stereocenters. The van der Waals surface area contributed by atoms with E-state index in [4.69, 9.17) is 14.6 Å². The maximum Gasteiger partial charge on any atom is 0.163 e. The third-order valence-corrected chi connectivity index (χ3v) is 3.34. The van der Waals surface area contributed by atoms with E-state index in [2.05, 4.69) is 16.8 Å². The van der Waals surface area contributed by atoms with E-state index < -0.39 is 0 Å². The first-order valence-corrected chi connectivity index (χ1v) is 6.28. The molecule has 0 bridgehead atoms. The number of hydrogen-bond donors (Lipinski definition) is 1. The highest BCUT2D eigenvalue weighted by atomic mass is 16.6. The van der Waals surface area contributed by atoms with Crippen LogP contribution in [-0.4, -0.2) is 29.5 Å². The van der Waals surface area contributed by atoms with Gasteiger partial charge in [-0.05, 0) is 24.5 Å². The van der Waals surface area contributed by atoms with E-state index in [1.54, 1.807) is 0 Å². The predicted molar refractivity (Wildman–Crippen MR) is 69.3 cm³/mol. The minimum atomic E-state index is 0.223. The molecule has 1 N–H and O–H groups in total. The van der Waals surface area contributed by atoms with E-state index in [0.717, 1.165) is 29.9 Å². The molecule has 0 aliphatic carbocycles. The molecule has 0 unspecified atom stereocenters. The zero-order valence-corrected chi connectivity index (χ0v) is 10.5. The van der Waals surface area contributed by atoms with E-state index in [-0.39, 0.29) is 6.61 Å². The largest absolute Gasteiger partial charge is 0.486 e. The van der Waals surface area contributed by atoms with Gasteiger partial charge < -0.3 is 19.1 Å². The maximum atomic E-state index is 8.95. The van der Waals surface area contributed by atoms with Crippen LogP contribution < -0.4 is 9.47 Å². The van der Waals surface area contributed by atoms with Crippen LogP contribution in [0.1, 0.15) is 12.0 Å². The van der Waals surface area contributed by atoms with E-state index in [1.165, 1.54) is 10.9 Å². The molecule has 0 saturated heterocycles. The molecular formula is C14H17NO3. The van der Waals surface area contributed by atoms with Gasteiger partial charge in [-0.3, -0.25) is 0 Å². The molecule has 3 rings (SSSR count). The van der Waals surface area contributed by atoms with Crippen molar-refractivity contribution in [2.24, 2.45) is 7.05 Å². The van der Waals surface area contributed by atoms with Crippen molar-refractivity contribution in [2.45, 2.75) is 12.8 Å². The summed E-state index contributed by atoms with van der Waals surface area (Å²) in [6, 6.07) is 4.09. The standard InChI is InChI=1S/C14H17NO3/c1-15-9-10(3-2-4-16)11-7-13-14(8-12(11)15)18-6-5-17-13/h7-9,16H,2-6H2,1H3. The number of nitrogens with zero attached hydrogens (tertiary/aromatic N) is 1. The lowest BCUT2D eigenvalue weighted by molar-refractivity contribution is 0.172. The molecule has 1 aromatic heterocycles. The molecular weight excluding hydrogens is 230 g/mol. The number of aliphatic hydroxyl groups is 1. The van der Waals surface area contributed by atoms with Crippen LogP contribution in [0, 0.1) is 0 Å². The summed E-state index contributed by atoms with van der Waals surface area (Å²) in [6.45, 7) is 1.44. The van der Waals surface area contributed by atoms with Crippen molar-refractivity contribution in [3.63, 3.8) is 0 Å². The SMILES string of the molecule is Cn1cc(CCCO)c2cc3c(cc21)OCCO3. The number of benzene rings is 1. The number of hydrogen-bond acceptors (Lipinski definition) is 3. The molecule has 96 valence electrons. The second kappa shape index (κ2) is 4.53. The van der Waals surface area contributed by atoms with Gasteiger partial charge in [0.15, 0.2) is 11.5 Å². The first-order chi connectivity index (χ1) is 8.79. The van der Waals surface area contributed by atoms with Gasteiger partial charge in [-0.25, -0.2) is 0 Å².